The third-order valence-electron chi connectivity index (χ3n) is 5.88. The van der Waals surface area contributed by atoms with E-state index in [1.807, 2.05) is 38.1 Å². The lowest BCUT2D eigenvalue weighted by molar-refractivity contribution is -0.120. The zero-order valence-corrected chi connectivity index (χ0v) is 17.8. The maximum Gasteiger partial charge on any atom is 0.315 e. The van der Waals surface area contributed by atoms with Crippen molar-refractivity contribution in [1.29, 1.82) is 0 Å². The first-order valence-corrected chi connectivity index (χ1v) is 10.6. The van der Waals surface area contributed by atoms with Crippen molar-refractivity contribution in [3.63, 3.8) is 0 Å². The number of anilines is 1. The maximum absolute atomic E-state index is 13.4. The summed E-state index contributed by atoms with van der Waals surface area (Å²) >= 11 is 0. The molecule has 2 aromatic rings. The molecule has 166 valence electrons. The molecule has 5 rings (SSSR count). The topological polar surface area (TPSA) is 109 Å². The van der Waals surface area contributed by atoms with Gasteiger partial charge in [-0.2, -0.15) is 0 Å². The van der Waals surface area contributed by atoms with Crippen molar-refractivity contribution < 1.29 is 23.9 Å². The number of hydrogen-bond donors (Lipinski definition) is 3. The number of fused-ring (bicyclic) bond motifs is 3. The number of nitrogens with one attached hydrogen (secondary N) is 3. The molecule has 3 heterocycles. The second-order valence-corrected chi connectivity index (χ2v) is 8.43. The largest absolute Gasteiger partial charge is 0.454 e. The fourth-order valence-electron chi connectivity index (χ4n) is 4.42. The van der Waals surface area contributed by atoms with Crippen LogP contribution in [-0.2, 0) is 4.79 Å². The number of urea groups is 1. The van der Waals surface area contributed by atoms with Gasteiger partial charge < -0.3 is 30.3 Å². The highest BCUT2D eigenvalue weighted by atomic mass is 16.7. The predicted molar refractivity (Wildman–Crippen MR) is 117 cm³/mol. The summed E-state index contributed by atoms with van der Waals surface area (Å²) < 4.78 is 10.8. The van der Waals surface area contributed by atoms with Crippen LogP contribution in [0.15, 0.2) is 36.4 Å². The summed E-state index contributed by atoms with van der Waals surface area (Å²) in [5.74, 6) is 0.803. The molecule has 1 saturated heterocycles. The third kappa shape index (κ3) is 3.49. The van der Waals surface area contributed by atoms with Gasteiger partial charge in [0.25, 0.3) is 5.91 Å². The molecule has 2 aromatic carbocycles. The molecule has 1 fully saturated rings. The Kier molecular flexibility index (Phi) is 4.88. The summed E-state index contributed by atoms with van der Waals surface area (Å²) in [6, 6.07) is 9.38. The van der Waals surface area contributed by atoms with Gasteiger partial charge in [0.15, 0.2) is 11.5 Å². The highest BCUT2D eigenvalue weighted by Gasteiger charge is 2.45. The summed E-state index contributed by atoms with van der Waals surface area (Å²) in [5.41, 5.74) is 2.59. The van der Waals surface area contributed by atoms with Crippen LogP contribution in [0.3, 0.4) is 0 Å². The van der Waals surface area contributed by atoms with Gasteiger partial charge in [0.05, 0.1) is 17.3 Å². The van der Waals surface area contributed by atoms with Gasteiger partial charge >= 0.3 is 6.03 Å². The van der Waals surface area contributed by atoms with Crippen LogP contribution < -0.4 is 25.4 Å². The number of ether oxygens (including phenoxy) is 2. The zero-order valence-electron chi connectivity index (χ0n) is 17.8. The first kappa shape index (κ1) is 20.2. The quantitative estimate of drug-likeness (QED) is 0.684. The lowest BCUT2D eigenvalue weighted by Gasteiger charge is -2.25. The van der Waals surface area contributed by atoms with E-state index in [2.05, 4.69) is 16.0 Å². The minimum Gasteiger partial charge on any atom is -0.454 e. The van der Waals surface area contributed by atoms with Crippen LogP contribution in [0.1, 0.15) is 30.6 Å². The molecule has 0 bridgehead atoms. The van der Waals surface area contributed by atoms with Gasteiger partial charge in [-0.3, -0.25) is 9.59 Å². The van der Waals surface area contributed by atoms with E-state index in [-0.39, 0.29) is 30.7 Å². The van der Waals surface area contributed by atoms with Gasteiger partial charge in [0, 0.05) is 12.6 Å². The molecule has 3 aliphatic heterocycles. The van der Waals surface area contributed by atoms with Crippen LogP contribution in [0.4, 0.5) is 10.5 Å². The van der Waals surface area contributed by atoms with Gasteiger partial charge in [-0.15, -0.1) is 0 Å². The van der Waals surface area contributed by atoms with Crippen LogP contribution in [0, 0.1) is 0 Å². The van der Waals surface area contributed by atoms with Gasteiger partial charge in [0.1, 0.15) is 6.04 Å². The van der Waals surface area contributed by atoms with Gasteiger partial charge in [0.2, 0.25) is 12.7 Å². The SMILES string of the molecule is CC(C)NC(=O)NC1CCN2C(=O)c3cc(-c4ccc5c(c4)OCO5)ccc3NC(=O)C12. The molecular weight excluding hydrogens is 412 g/mol. The average Bonchev–Trinajstić information content (AvgIpc) is 3.37. The van der Waals surface area contributed by atoms with E-state index >= 15 is 0 Å². The Bertz CT molecular complexity index is 1120. The molecule has 4 amide bonds. The van der Waals surface area contributed by atoms with E-state index in [1.54, 1.807) is 17.0 Å². The Hall–Kier alpha value is -3.75. The molecule has 0 aromatic heterocycles. The predicted octanol–water partition coefficient (Wildman–Crippen LogP) is 2.33. The van der Waals surface area contributed by atoms with Crippen LogP contribution in [-0.4, -0.2) is 54.2 Å². The number of nitrogens with zero attached hydrogens (tertiary/aromatic N) is 1. The van der Waals surface area contributed by atoms with Gasteiger partial charge in [-0.1, -0.05) is 12.1 Å². The maximum atomic E-state index is 13.4. The average molecular weight is 436 g/mol. The smallest absolute Gasteiger partial charge is 0.315 e. The molecule has 0 spiro atoms. The summed E-state index contributed by atoms with van der Waals surface area (Å²) in [7, 11) is 0. The van der Waals surface area contributed by atoms with Crippen LogP contribution in [0.5, 0.6) is 11.5 Å². The number of benzene rings is 2. The Balaban J connectivity index is 1.43. The molecule has 0 aliphatic carbocycles. The number of hydrogen-bond acceptors (Lipinski definition) is 5. The van der Waals surface area contributed by atoms with Crippen molar-refractivity contribution in [2.75, 3.05) is 18.7 Å². The fraction of sp³-hybridized carbons (Fsp3) is 0.348. The van der Waals surface area contributed by atoms with E-state index in [4.69, 9.17) is 9.47 Å². The minimum absolute atomic E-state index is 0.0315. The fourth-order valence-corrected chi connectivity index (χ4v) is 4.42. The standard InChI is InChI=1S/C23H24N4O5/c1-12(2)24-23(30)26-17-7-8-27-20(17)21(28)25-16-5-3-13(9-15(16)22(27)29)14-4-6-18-19(10-14)32-11-31-18/h3-6,9-10,12,17,20H,7-8,11H2,1-2H3,(H,25,28)(H2,24,26,30). The lowest BCUT2D eigenvalue weighted by Crippen LogP contribution is -2.54. The first-order valence-electron chi connectivity index (χ1n) is 10.6. The minimum atomic E-state index is -0.762. The molecule has 2 unspecified atom stereocenters. The van der Waals surface area contributed by atoms with Gasteiger partial charge in [-0.05, 0) is 55.7 Å². The number of carbonyl (C=O) groups is 3. The van der Waals surface area contributed by atoms with Crippen molar-refractivity contribution in [2.24, 2.45) is 0 Å². The Morgan fingerprint density at radius 3 is 2.66 bits per heavy atom. The molecule has 3 aliphatic rings. The Labute approximate surface area is 185 Å². The van der Waals surface area contributed by atoms with E-state index in [1.165, 1.54) is 0 Å². The Morgan fingerprint density at radius 1 is 1.09 bits per heavy atom. The molecule has 3 N–H and O–H groups in total. The molecule has 32 heavy (non-hydrogen) atoms. The second-order valence-electron chi connectivity index (χ2n) is 8.43. The summed E-state index contributed by atoms with van der Waals surface area (Å²) in [4.78, 5) is 40.1. The van der Waals surface area contributed by atoms with E-state index in [9.17, 15) is 14.4 Å². The molecule has 9 nitrogen and oxygen atoms in total. The summed E-state index contributed by atoms with van der Waals surface area (Å²) in [5, 5.41) is 8.48. The highest BCUT2D eigenvalue weighted by Crippen LogP contribution is 2.37. The van der Waals surface area contributed by atoms with Crippen LogP contribution >= 0.6 is 0 Å². The lowest BCUT2D eigenvalue weighted by atomic mass is 10.0. The second kappa shape index (κ2) is 7.74. The normalized spacial score (nSPS) is 21.0. The first-order chi connectivity index (χ1) is 15.4. The van der Waals surface area contributed by atoms with E-state index in [0.717, 1.165) is 11.1 Å². The molecule has 0 saturated carbocycles. The highest BCUT2D eigenvalue weighted by molar-refractivity contribution is 6.11. The number of amides is 4. The van der Waals surface area contributed by atoms with Gasteiger partial charge in [-0.25, -0.2) is 4.79 Å². The Morgan fingerprint density at radius 2 is 1.84 bits per heavy atom. The van der Waals surface area contributed by atoms with Crippen molar-refractivity contribution in [1.82, 2.24) is 15.5 Å². The van der Waals surface area contributed by atoms with Crippen LogP contribution in [0.2, 0.25) is 0 Å². The molecule has 0 radical (unpaired) electrons. The number of rotatable bonds is 3. The van der Waals surface area contributed by atoms with Crippen molar-refractivity contribution >= 4 is 23.5 Å². The van der Waals surface area contributed by atoms with Crippen molar-refractivity contribution in [2.45, 2.75) is 38.4 Å². The van der Waals surface area contributed by atoms with Crippen molar-refractivity contribution in [3.8, 4) is 22.6 Å². The zero-order chi connectivity index (χ0) is 22.4. The van der Waals surface area contributed by atoms with E-state index < -0.39 is 12.1 Å². The summed E-state index contributed by atoms with van der Waals surface area (Å²) in [6.45, 7) is 4.29. The third-order valence-corrected chi connectivity index (χ3v) is 5.88. The number of carbonyl (C=O) groups excluding carboxylic acids is 3. The van der Waals surface area contributed by atoms with Crippen molar-refractivity contribution in [3.05, 3.63) is 42.0 Å². The van der Waals surface area contributed by atoms with E-state index in [0.29, 0.717) is 35.7 Å². The summed E-state index contributed by atoms with van der Waals surface area (Å²) in [6.07, 6.45) is 0.506. The van der Waals surface area contributed by atoms with Crippen LogP contribution in [0.25, 0.3) is 11.1 Å². The molecule has 2 atom stereocenters. The monoisotopic (exact) mass is 436 g/mol. The molecular formula is C23H24N4O5. The molecule has 9 heteroatoms.